The highest BCUT2D eigenvalue weighted by Gasteiger charge is 2.13. The second-order valence-electron chi connectivity index (χ2n) is 4.50. The largest absolute Gasteiger partial charge is 0.335 e. The third-order valence-electron chi connectivity index (χ3n) is 2.63. The van der Waals surface area contributed by atoms with Crippen molar-refractivity contribution in [3.63, 3.8) is 0 Å². The highest BCUT2D eigenvalue weighted by Crippen LogP contribution is 2.21. The normalized spacial score (nSPS) is 20.0. The van der Waals surface area contributed by atoms with Gasteiger partial charge in [-0.05, 0) is 30.5 Å². The molecular weight excluding hydrogens is 216 g/mol. The molecule has 0 radical (unpaired) electrons. The van der Waals surface area contributed by atoms with Gasteiger partial charge in [0.25, 0.3) is 0 Å². The maximum atomic E-state index is 4.51. The molecule has 0 amide bonds. The Balaban J connectivity index is 2.03. The Kier molecular flexibility index (Phi) is 3.54. The van der Waals surface area contributed by atoms with Crippen LogP contribution in [0.25, 0.3) is 0 Å². The summed E-state index contributed by atoms with van der Waals surface area (Å²) in [5.41, 5.74) is 2.50. The van der Waals surface area contributed by atoms with Crippen LogP contribution >= 0.6 is 11.8 Å². The van der Waals surface area contributed by atoms with Gasteiger partial charge in [-0.15, -0.1) is 0 Å². The third kappa shape index (κ3) is 2.79. The highest BCUT2D eigenvalue weighted by molar-refractivity contribution is 8.14. The van der Waals surface area contributed by atoms with Gasteiger partial charge in [0.05, 0.1) is 6.04 Å². The van der Waals surface area contributed by atoms with Crippen LogP contribution in [0.2, 0.25) is 0 Å². The molecule has 86 valence electrons. The zero-order chi connectivity index (χ0) is 11.5. The molecule has 2 rings (SSSR count). The van der Waals surface area contributed by atoms with Gasteiger partial charge in [-0.3, -0.25) is 4.99 Å². The fourth-order valence-electron chi connectivity index (χ4n) is 1.62. The predicted octanol–water partition coefficient (Wildman–Crippen LogP) is 3.71. The van der Waals surface area contributed by atoms with Gasteiger partial charge in [-0.1, -0.05) is 37.7 Å². The molecule has 16 heavy (non-hydrogen) atoms. The van der Waals surface area contributed by atoms with Gasteiger partial charge in [-0.25, -0.2) is 0 Å². The summed E-state index contributed by atoms with van der Waals surface area (Å²) in [5, 5.41) is 4.40. The fraction of sp³-hybridized carbons (Fsp3) is 0.462. The smallest absolute Gasteiger partial charge is 0.161 e. The van der Waals surface area contributed by atoms with Crippen molar-refractivity contribution in [1.29, 1.82) is 0 Å². The van der Waals surface area contributed by atoms with E-state index in [0.29, 0.717) is 12.0 Å². The molecule has 3 heteroatoms. The van der Waals surface area contributed by atoms with E-state index in [1.54, 1.807) is 11.8 Å². The van der Waals surface area contributed by atoms with Gasteiger partial charge in [0.1, 0.15) is 0 Å². The minimum Gasteiger partial charge on any atom is -0.335 e. The second-order valence-corrected chi connectivity index (χ2v) is 5.50. The molecule has 0 saturated heterocycles. The van der Waals surface area contributed by atoms with E-state index in [0.717, 1.165) is 16.6 Å². The van der Waals surface area contributed by atoms with Crippen molar-refractivity contribution >= 4 is 22.6 Å². The van der Waals surface area contributed by atoms with E-state index in [4.69, 9.17) is 0 Å². The molecule has 0 aromatic heterocycles. The number of amidine groups is 1. The quantitative estimate of drug-likeness (QED) is 0.843. The topological polar surface area (TPSA) is 24.4 Å². The Morgan fingerprint density at radius 2 is 2.00 bits per heavy atom. The van der Waals surface area contributed by atoms with Crippen LogP contribution in [0, 0.1) is 0 Å². The maximum absolute atomic E-state index is 4.51. The third-order valence-corrected chi connectivity index (χ3v) is 3.76. The van der Waals surface area contributed by atoms with Crippen LogP contribution in [0.4, 0.5) is 5.69 Å². The van der Waals surface area contributed by atoms with Crippen LogP contribution in [-0.2, 0) is 0 Å². The van der Waals surface area contributed by atoms with Crippen molar-refractivity contribution in [3.8, 4) is 0 Å². The zero-order valence-corrected chi connectivity index (χ0v) is 10.8. The van der Waals surface area contributed by atoms with Crippen molar-refractivity contribution in [1.82, 2.24) is 0 Å². The molecule has 0 saturated carbocycles. The molecular formula is C13H18N2S. The van der Waals surface area contributed by atoms with Gasteiger partial charge in [-0.2, -0.15) is 0 Å². The molecule has 0 fully saturated rings. The number of benzene rings is 1. The van der Waals surface area contributed by atoms with E-state index in [1.165, 1.54) is 5.56 Å². The lowest BCUT2D eigenvalue weighted by Crippen LogP contribution is -2.04. The minimum atomic E-state index is 0.447. The summed E-state index contributed by atoms with van der Waals surface area (Å²) in [7, 11) is 0. The SMILES string of the molecule is CC1CSC(Nc2ccc(C(C)C)cc2)=N1. The van der Waals surface area contributed by atoms with Gasteiger partial charge in [0.2, 0.25) is 0 Å². The monoisotopic (exact) mass is 234 g/mol. The van der Waals surface area contributed by atoms with Crippen molar-refractivity contribution in [3.05, 3.63) is 29.8 Å². The first kappa shape index (κ1) is 11.5. The number of nitrogens with one attached hydrogen (secondary N) is 1. The Bertz CT molecular complexity index is 381. The Hall–Kier alpha value is -0.960. The number of aliphatic imine (C=N–C) groups is 1. The minimum absolute atomic E-state index is 0.447. The van der Waals surface area contributed by atoms with Crippen LogP contribution in [0.3, 0.4) is 0 Å². The van der Waals surface area contributed by atoms with Crippen molar-refractivity contribution in [2.45, 2.75) is 32.7 Å². The van der Waals surface area contributed by atoms with Gasteiger partial charge >= 0.3 is 0 Å². The number of thioether (sulfide) groups is 1. The van der Waals surface area contributed by atoms with Crippen molar-refractivity contribution < 1.29 is 0 Å². The van der Waals surface area contributed by atoms with Crippen LogP contribution in [0.1, 0.15) is 32.3 Å². The second kappa shape index (κ2) is 4.91. The summed E-state index contributed by atoms with van der Waals surface area (Å²) >= 11 is 1.79. The van der Waals surface area contributed by atoms with Crippen LogP contribution in [0.5, 0.6) is 0 Å². The van der Waals surface area contributed by atoms with Crippen molar-refractivity contribution in [2.24, 2.45) is 4.99 Å². The maximum Gasteiger partial charge on any atom is 0.161 e. The van der Waals surface area contributed by atoms with E-state index >= 15 is 0 Å². The summed E-state index contributed by atoms with van der Waals surface area (Å²) in [6.07, 6.45) is 0. The number of anilines is 1. The number of rotatable bonds is 2. The fourth-order valence-corrected chi connectivity index (χ4v) is 2.54. The Labute approximate surface area is 102 Å². The van der Waals surface area contributed by atoms with E-state index in [1.807, 2.05) is 0 Å². The molecule has 0 aliphatic carbocycles. The summed E-state index contributed by atoms with van der Waals surface area (Å²) in [6.45, 7) is 6.56. The Morgan fingerprint density at radius 1 is 1.31 bits per heavy atom. The van der Waals surface area contributed by atoms with E-state index in [-0.39, 0.29) is 0 Å². The predicted molar refractivity (Wildman–Crippen MR) is 73.5 cm³/mol. The number of hydrogen-bond donors (Lipinski definition) is 1. The first-order valence-corrected chi connectivity index (χ1v) is 6.71. The lowest BCUT2D eigenvalue weighted by Gasteiger charge is -2.08. The summed E-state index contributed by atoms with van der Waals surface area (Å²) in [5.74, 6) is 1.68. The molecule has 0 bridgehead atoms. The summed E-state index contributed by atoms with van der Waals surface area (Å²) < 4.78 is 0. The van der Waals surface area contributed by atoms with Gasteiger partial charge < -0.3 is 5.32 Å². The summed E-state index contributed by atoms with van der Waals surface area (Å²) in [6, 6.07) is 9.05. The lowest BCUT2D eigenvalue weighted by molar-refractivity contribution is 0.864. The van der Waals surface area contributed by atoms with Crippen LogP contribution in [0.15, 0.2) is 29.3 Å². The molecule has 2 nitrogen and oxygen atoms in total. The molecule has 1 heterocycles. The number of nitrogens with zero attached hydrogens (tertiary/aromatic N) is 1. The van der Waals surface area contributed by atoms with Gasteiger partial charge in [0, 0.05) is 11.4 Å². The molecule has 1 aromatic carbocycles. The highest BCUT2D eigenvalue weighted by atomic mass is 32.2. The molecule has 1 aliphatic heterocycles. The summed E-state index contributed by atoms with van der Waals surface area (Å²) in [4.78, 5) is 4.51. The first-order valence-electron chi connectivity index (χ1n) is 5.72. The van der Waals surface area contributed by atoms with E-state index in [9.17, 15) is 0 Å². The van der Waals surface area contributed by atoms with E-state index in [2.05, 4.69) is 55.3 Å². The number of hydrogen-bond acceptors (Lipinski definition) is 3. The van der Waals surface area contributed by atoms with Gasteiger partial charge in [0.15, 0.2) is 5.17 Å². The van der Waals surface area contributed by atoms with E-state index < -0.39 is 0 Å². The first-order chi connectivity index (χ1) is 7.65. The average molecular weight is 234 g/mol. The molecule has 1 unspecified atom stereocenters. The molecule has 0 spiro atoms. The molecule has 1 N–H and O–H groups in total. The zero-order valence-electron chi connectivity index (χ0n) is 10.0. The Morgan fingerprint density at radius 3 is 2.50 bits per heavy atom. The average Bonchev–Trinajstić information content (AvgIpc) is 2.65. The van der Waals surface area contributed by atoms with Crippen molar-refractivity contribution in [2.75, 3.05) is 11.1 Å². The van der Waals surface area contributed by atoms with Crippen LogP contribution in [-0.4, -0.2) is 17.0 Å². The van der Waals surface area contributed by atoms with Crippen LogP contribution < -0.4 is 5.32 Å². The molecule has 1 aromatic rings. The lowest BCUT2D eigenvalue weighted by atomic mass is 10.0. The molecule has 1 atom stereocenters. The standard InChI is InChI=1S/C13H18N2S/c1-9(2)11-4-6-12(7-5-11)15-13-14-10(3)8-16-13/h4-7,9-10H,8H2,1-3H3,(H,14,15). The molecule has 1 aliphatic rings.